The number of thiazole rings is 1. The molecule has 1 aliphatic rings. The van der Waals surface area contributed by atoms with Crippen molar-refractivity contribution in [1.82, 2.24) is 9.88 Å². The summed E-state index contributed by atoms with van der Waals surface area (Å²) < 4.78 is 5.28. The summed E-state index contributed by atoms with van der Waals surface area (Å²) in [6.07, 6.45) is 4.34. The van der Waals surface area contributed by atoms with Gasteiger partial charge in [-0.15, -0.1) is 11.3 Å². The van der Waals surface area contributed by atoms with E-state index in [0.717, 1.165) is 42.2 Å². The molecule has 5 nitrogen and oxygen atoms in total. The van der Waals surface area contributed by atoms with Crippen LogP contribution in [0.5, 0.6) is 0 Å². The number of esters is 1. The van der Waals surface area contributed by atoms with Crippen molar-refractivity contribution in [3.05, 3.63) is 27.4 Å². The van der Waals surface area contributed by atoms with Gasteiger partial charge in [-0.1, -0.05) is 6.92 Å². The Balaban J connectivity index is 1.56. The van der Waals surface area contributed by atoms with Crippen LogP contribution < -0.4 is 0 Å². The molecule has 7 heteroatoms. The predicted octanol–water partition coefficient (Wildman–Crippen LogP) is 4.37. The highest BCUT2D eigenvalue weighted by molar-refractivity contribution is 7.17. The number of ether oxygens (including phenoxy) is 1. The fourth-order valence-corrected chi connectivity index (χ4v) is 4.90. The molecule has 2 aromatic heterocycles. The van der Waals surface area contributed by atoms with Gasteiger partial charge in [-0.3, -0.25) is 4.79 Å². The lowest BCUT2D eigenvalue weighted by molar-refractivity contribution is -0.136. The van der Waals surface area contributed by atoms with Crippen LogP contribution in [0.25, 0.3) is 10.6 Å². The van der Waals surface area contributed by atoms with Crippen LogP contribution in [0.3, 0.4) is 0 Å². The van der Waals surface area contributed by atoms with E-state index in [-0.39, 0.29) is 18.6 Å². The van der Waals surface area contributed by atoms with E-state index in [1.807, 2.05) is 23.9 Å². The molecule has 140 valence electrons. The summed E-state index contributed by atoms with van der Waals surface area (Å²) in [7, 11) is 1.81. The molecule has 1 aliphatic carbocycles. The number of thiophene rings is 1. The van der Waals surface area contributed by atoms with E-state index in [1.165, 1.54) is 11.3 Å². The average Bonchev–Trinajstić information content (AvgIpc) is 3.29. The van der Waals surface area contributed by atoms with E-state index in [9.17, 15) is 9.59 Å². The molecule has 1 amide bonds. The molecule has 0 atom stereocenters. The zero-order valence-corrected chi connectivity index (χ0v) is 17.0. The topological polar surface area (TPSA) is 59.5 Å². The van der Waals surface area contributed by atoms with E-state index >= 15 is 0 Å². The Labute approximate surface area is 162 Å². The number of rotatable bonds is 5. The van der Waals surface area contributed by atoms with Gasteiger partial charge in [-0.05, 0) is 50.0 Å². The molecule has 0 bridgehead atoms. The Bertz CT molecular complexity index is 762. The van der Waals surface area contributed by atoms with Crippen molar-refractivity contribution in [2.24, 2.45) is 5.92 Å². The smallest absolute Gasteiger partial charge is 0.350 e. The van der Waals surface area contributed by atoms with Crippen LogP contribution in [0.1, 0.15) is 48.0 Å². The lowest BCUT2D eigenvalue weighted by Gasteiger charge is -2.33. The molecule has 2 aromatic rings. The third kappa shape index (κ3) is 4.32. The summed E-state index contributed by atoms with van der Waals surface area (Å²) in [5.41, 5.74) is 1.65. The molecule has 0 N–H and O–H groups in total. The third-order valence-corrected chi connectivity index (χ3v) is 6.87. The van der Waals surface area contributed by atoms with Crippen molar-refractivity contribution in [2.45, 2.75) is 45.6 Å². The number of aromatic nitrogens is 1. The maximum atomic E-state index is 12.4. The van der Waals surface area contributed by atoms with Gasteiger partial charge >= 0.3 is 5.97 Å². The summed E-state index contributed by atoms with van der Waals surface area (Å²) in [5.74, 6) is 0.123. The Morgan fingerprint density at radius 3 is 2.69 bits per heavy atom. The van der Waals surface area contributed by atoms with Crippen LogP contribution in [-0.2, 0) is 9.53 Å². The van der Waals surface area contributed by atoms with Gasteiger partial charge in [0.05, 0.1) is 5.69 Å². The van der Waals surface area contributed by atoms with Gasteiger partial charge in [0.2, 0.25) is 0 Å². The molecule has 3 rings (SSSR count). The second-order valence-electron chi connectivity index (χ2n) is 6.94. The van der Waals surface area contributed by atoms with E-state index in [1.54, 1.807) is 23.2 Å². The van der Waals surface area contributed by atoms with Crippen LogP contribution in [0.15, 0.2) is 16.8 Å². The van der Waals surface area contributed by atoms with Gasteiger partial charge in [0.1, 0.15) is 9.88 Å². The molecule has 2 heterocycles. The monoisotopic (exact) mass is 392 g/mol. The molecule has 0 spiro atoms. The highest BCUT2D eigenvalue weighted by atomic mass is 32.1. The first-order valence-electron chi connectivity index (χ1n) is 8.88. The number of nitrogens with zero attached hydrogens (tertiary/aromatic N) is 2. The molecule has 0 radical (unpaired) electrons. The van der Waals surface area contributed by atoms with Crippen LogP contribution >= 0.6 is 22.7 Å². The van der Waals surface area contributed by atoms with Gasteiger partial charge < -0.3 is 9.64 Å². The Morgan fingerprint density at radius 2 is 2.04 bits per heavy atom. The molecular formula is C19H24N2O3S2. The largest absolute Gasteiger partial charge is 0.451 e. The normalized spacial score (nSPS) is 20.0. The fraction of sp³-hybridized carbons (Fsp3) is 0.526. The minimum absolute atomic E-state index is 0.141. The highest BCUT2D eigenvalue weighted by Gasteiger charge is 2.26. The van der Waals surface area contributed by atoms with Gasteiger partial charge in [0.25, 0.3) is 5.91 Å². The van der Waals surface area contributed by atoms with Crippen LogP contribution in [0, 0.1) is 12.8 Å². The van der Waals surface area contributed by atoms with Gasteiger partial charge in [0.15, 0.2) is 6.61 Å². The van der Waals surface area contributed by atoms with Crippen molar-refractivity contribution < 1.29 is 14.3 Å². The number of carbonyl (C=O) groups is 2. The second-order valence-corrected chi connectivity index (χ2v) is 8.72. The number of likely N-dealkylation sites (N-methyl/N-ethyl adjacent to an activating group) is 1. The average molecular weight is 393 g/mol. The van der Waals surface area contributed by atoms with E-state index in [4.69, 9.17) is 4.74 Å². The molecule has 0 aromatic carbocycles. The first kappa shape index (κ1) is 19.0. The van der Waals surface area contributed by atoms with Crippen LogP contribution in [0.4, 0.5) is 0 Å². The Kier molecular flexibility index (Phi) is 6.09. The van der Waals surface area contributed by atoms with E-state index < -0.39 is 5.97 Å². The fourth-order valence-electron chi connectivity index (χ4n) is 3.22. The van der Waals surface area contributed by atoms with Crippen molar-refractivity contribution >= 4 is 34.6 Å². The zero-order valence-electron chi connectivity index (χ0n) is 15.4. The molecule has 0 unspecified atom stereocenters. The zero-order chi connectivity index (χ0) is 18.7. The van der Waals surface area contributed by atoms with Gasteiger partial charge in [-0.25, -0.2) is 9.78 Å². The summed E-state index contributed by atoms with van der Waals surface area (Å²) in [6.45, 7) is 3.83. The highest BCUT2D eigenvalue weighted by Crippen LogP contribution is 2.30. The molecule has 0 saturated heterocycles. The van der Waals surface area contributed by atoms with Gasteiger partial charge in [-0.2, -0.15) is 11.3 Å². The SMILES string of the molecule is Cc1nc(-c2ccsc2)sc1C(=O)OCC(=O)N(C)C1CCC(C)CC1. The first-order chi connectivity index (χ1) is 12.5. The number of carbonyl (C=O) groups excluding carboxylic acids is 2. The molecule has 1 saturated carbocycles. The second kappa shape index (κ2) is 8.31. The Morgan fingerprint density at radius 1 is 1.31 bits per heavy atom. The number of amides is 1. The lowest BCUT2D eigenvalue weighted by atomic mass is 9.87. The molecule has 0 aliphatic heterocycles. The summed E-state index contributed by atoms with van der Waals surface area (Å²) in [4.78, 5) is 31.4. The summed E-state index contributed by atoms with van der Waals surface area (Å²) in [6, 6.07) is 2.23. The predicted molar refractivity (Wildman–Crippen MR) is 105 cm³/mol. The minimum atomic E-state index is -0.472. The molecule has 1 fully saturated rings. The maximum absolute atomic E-state index is 12.4. The number of hydrogen-bond donors (Lipinski definition) is 0. The number of aryl methyl sites for hydroxylation is 1. The summed E-state index contributed by atoms with van der Waals surface area (Å²) in [5, 5.41) is 4.78. The summed E-state index contributed by atoms with van der Waals surface area (Å²) >= 11 is 2.90. The number of hydrogen-bond acceptors (Lipinski definition) is 6. The molecular weight excluding hydrogens is 368 g/mol. The third-order valence-electron chi connectivity index (χ3n) is 5.00. The van der Waals surface area contributed by atoms with E-state index in [0.29, 0.717) is 10.6 Å². The molecule has 26 heavy (non-hydrogen) atoms. The van der Waals surface area contributed by atoms with Crippen molar-refractivity contribution in [2.75, 3.05) is 13.7 Å². The van der Waals surface area contributed by atoms with E-state index in [2.05, 4.69) is 11.9 Å². The van der Waals surface area contributed by atoms with Crippen molar-refractivity contribution in [3.63, 3.8) is 0 Å². The van der Waals surface area contributed by atoms with Crippen LogP contribution in [0.2, 0.25) is 0 Å². The first-order valence-corrected chi connectivity index (χ1v) is 10.6. The maximum Gasteiger partial charge on any atom is 0.350 e. The lowest BCUT2D eigenvalue weighted by Crippen LogP contribution is -2.41. The Hall–Kier alpha value is -1.73. The standard InChI is InChI=1S/C19H24N2O3S2/c1-12-4-6-15(7-5-12)21(3)16(22)10-24-19(23)17-13(2)20-18(26-17)14-8-9-25-11-14/h8-9,11-12,15H,4-7,10H2,1-3H3. The quantitative estimate of drug-likeness (QED) is 0.709. The van der Waals surface area contributed by atoms with Crippen molar-refractivity contribution in [1.29, 1.82) is 0 Å². The van der Waals surface area contributed by atoms with Gasteiger partial charge in [0, 0.05) is 24.0 Å². The minimum Gasteiger partial charge on any atom is -0.451 e. The van der Waals surface area contributed by atoms with Crippen molar-refractivity contribution in [3.8, 4) is 10.6 Å². The van der Waals surface area contributed by atoms with Crippen LogP contribution in [-0.4, -0.2) is 41.5 Å².